The fourth-order valence-electron chi connectivity index (χ4n) is 2.64. The highest BCUT2D eigenvalue weighted by Crippen LogP contribution is 2.10. The Kier molecular flexibility index (Phi) is 11.7. The van der Waals surface area contributed by atoms with Crippen molar-refractivity contribution in [2.45, 2.75) is 85.5 Å². The Morgan fingerprint density at radius 3 is 1.88 bits per heavy atom. The van der Waals surface area contributed by atoms with Crippen LogP contribution in [0.3, 0.4) is 0 Å². The standard InChI is InChI=1S/C21H39N5O6/c1-11(2)9-14(25-20(31)32-21(6,7)8)19(30)24-13(5)18(29)23-10-15(27)26-16(12(3)4)17(22)28/h11-14,16H,9-10H2,1-8H3,(H2,22,28)(H,23,29)(H,24,30)(H,25,31)(H,26,27)/t13-,14-,16-/m0/s1. The van der Waals surface area contributed by atoms with Crippen molar-refractivity contribution < 1.29 is 28.7 Å². The van der Waals surface area contributed by atoms with Gasteiger partial charge in [0, 0.05) is 0 Å². The molecule has 6 N–H and O–H groups in total. The Morgan fingerprint density at radius 2 is 1.44 bits per heavy atom. The summed E-state index contributed by atoms with van der Waals surface area (Å²) in [5.74, 6) is -2.53. The van der Waals surface area contributed by atoms with E-state index in [0.717, 1.165) is 0 Å². The summed E-state index contributed by atoms with van der Waals surface area (Å²) in [6.45, 7) is 13.4. The number of nitrogens with two attached hydrogens (primary N) is 1. The average molecular weight is 458 g/mol. The van der Waals surface area contributed by atoms with Crippen molar-refractivity contribution in [2.75, 3.05) is 6.54 Å². The molecule has 0 unspecified atom stereocenters. The minimum Gasteiger partial charge on any atom is -0.444 e. The molecule has 0 spiro atoms. The zero-order valence-electron chi connectivity index (χ0n) is 20.3. The third-order valence-corrected chi connectivity index (χ3v) is 4.18. The first kappa shape index (κ1) is 29.1. The van der Waals surface area contributed by atoms with Crippen LogP contribution >= 0.6 is 0 Å². The lowest BCUT2D eigenvalue weighted by atomic mass is 10.0. The fourth-order valence-corrected chi connectivity index (χ4v) is 2.64. The molecule has 0 aliphatic carbocycles. The molecular formula is C21H39N5O6. The second-order valence-corrected chi connectivity index (χ2v) is 9.47. The average Bonchev–Trinajstić information content (AvgIpc) is 2.60. The van der Waals surface area contributed by atoms with Crippen LogP contribution in [0.2, 0.25) is 0 Å². The molecule has 0 heterocycles. The maximum absolute atomic E-state index is 12.6. The Labute approximate surface area is 189 Å². The Hall–Kier alpha value is -2.85. The van der Waals surface area contributed by atoms with Crippen molar-refractivity contribution in [3.05, 3.63) is 0 Å². The molecule has 0 radical (unpaired) electrons. The van der Waals surface area contributed by atoms with E-state index in [1.54, 1.807) is 34.6 Å². The smallest absolute Gasteiger partial charge is 0.408 e. The SMILES string of the molecule is CC(C)C[C@H](NC(=O)OC(C)(C)C)C(=O)N[C@@H](C)C(=O)NCC(=O)N[C@H](C(N)=O)C(C)C. The molecule has 3 atom stereocenters. The number of carbonyl (C=O) groups excluding carboxylic acids is 5. The van der Waals surface area contributed by atoms with Crippen molar-refractivity contribution in [2.24, 2.45) is 17.6 Å². The van der Waals surface area contributed by atoms with Gasteiger partial charge in [-0.1, -0.05) is 27.7 Å². The third-order valence-electron chi connectivity index (χ3n) is 4.18. The maximum Gasteiger partial charge on any atom is 0.408 e. The number of primary amides is 1. The summed E-state index contributed by atoms with van der Waals surface area (Å²) in [5.41, 5.74) is 4.53. The van der Waals surface area contributed by atoms with Gasteiger partial charge in [0.25, 0.3) is 0 Å². The van der Waals surface area contributed by atoms with Crippen LogP contribution in [-0.4, -0.2) is 60.0 Å². The molecular weight excluding hydrogens is 418 g/mol. The molecule has 11 nitrogen and oxygen atoms in total. The van der Waals surface area contributed by atoms with E-state index in [1.807, 2.05) is 13.8 Å². The van der Waals surface area contributed by atoms with Crippen molar-refractivity contribution in [1.82, 2.24) is 21.3 Å². The van der Waals surface area contributed by atoms with Crippen LogP contribution in [0.1, 0.15) is 61.8 Å². The highest BCUT2D eigenvalue weighted by atomic mass is 16.6. The number of nitrogens with one attached hydrogen (secondary N) is 4. The summed E-state index contributed by atoms with van der Waals surface area (Å²) >= 11 is 0. The lowest BCUT2D eigenvalue weighted by molar-refractivity contribution is -0.131. The van der Waals surface area contributed by atoms with E-state index in [-0.39, 0.29) is 18.4 Å². The number of amides is 5. The zero-order chi connectivity index (χ0) is 25.2. The quantitative estimate of drug-likeness (QED) is 0.296. The second kappa shape index (κ2) is 12.9. The van der Waals surface area contributed by atoms with Crippen molar-refractivity contribution in [3.63, 3.8) is 0 Å². The Morgan fingerprint density at radius 1 is 0.875 bits per heavy atom. The minimum absolute atomic E-state index is 0.0904. The first-order valence-electron chi connectivity index (χ1n) is 10.7. The van der Waals surface area contributed by atoms with E-state index in [9.17, 15) is 24.0 Å². The summed E-state index contributed by atoms with van der Waals surface area (Å²) in [4.78, 5) is 60.3. The first-order chi connectivity index (χ1) is 14.5. The van der Waals surface area contributed by atoms with Crippen LogP contribution in [-0.2, 0) is 23.9 Å². The van der Waals surface area contributed by atoms with Gasteiger partial charge in [0.1, 0.15) is 23.7 Å². The molecule has 32 heavy (non-hydrogen) atoms. The van der Waals surface area contributed by atoms with E-state index in [2.05, 4.69) is 21.3 Å². The van der Waals surface area contributed by atoms with Gasteiger partial charge < -0.3 is 31.7 Å². The number of rotatable bonds is 11. The number of hydrogen-bond acceptors (Lipinski definition) is 6. The van der Waals surface area contributed by atoms with Gasteiger partial charge in [-0.2, -0.15) is 0 Å². The van der Waals surface area contributed by atoms with E-state index in [0.29, 0.717) is 6.42 Å². The van der Waals surface area contributed by atoms with E-state index in [1.165, 1.54) is 6.92 Å². The van der Waals surface area contributed by atoms with Gasteiger partial charge in [0.05, 0.1) is 6.54 Å². The van der Waals surface area contributed by atoms with E-state index in [4.69, 9.17) is 10.5 Å². The molecule has 0 aromatic carbocycles. The summed E-state index contributed by atoms with van der Waals surface area (Å²) in [6, 6.07) is -2.72. The normalized spacial score (nSPS) is 14.2. The molecule has 0 rings (SSSR count). The van der Waals surface area contributed by atoms with Crippen LogP contribution in [0.25, 0.3) is 0 Å². The molecule has 0 aromatic heterocycles. The van der Waals surface area contributed by atoms with Gasteiger partial charge in [0.2, 0.25) is 23.6 Å². The van der Waals surface area contributed by atoms with Crippen LogP contribution in [0.5, 0.6) is 0 Å². The van der Waals surface area contributed by atoms with Gasteiger partial charge in [-0.15, -0.1) is 0 Å². The summed E-state index contributed by atoms with van der Waals surface area (Å²) in [7, 11) is 0. The molecule has 5 amide bonds. The Balaban J connectivity index is 4.85. The van der Waals surface area contributed by atoms with Crippen LogP contribution in [0.4, 0.5) is 4.79 Å². The molecule has 0 aliphatic rings. The van der Waals surface area contributed by atoms with Crippen LogP contribution in [0.15, 0.2) is 0 Å². The van der Waals surface area contributed by atoms with Gasteiger partial charge in [0.15, 0.2) is 0 Å². The number of hydrogen-bond donors (Lipinski definition) is 5. The van der Waals surface area contributed by atoms with Crippen molar-refractivity contribution in [3.8, 4) is 0 Å². The molecule has 184 valence electrons. The molecule has 0 fully saturated rings. The predicted molar refractivity (Wildman–Crippen MR) is 119 cm³/mol. The summed E-state index contributed by atoms with van der Waals surface area (Å²) in [5, 5.41) is 9.90. The van der Waals surface area contributed by atoms with Gasteiger partial charge in [-0.25, -0.2) is 4.79 Å². The van der Waals surface area contributed by atoms with Crippen molar-refractivity contribution in [1.29, 1.82) is 0 Å². The van der Waals surface area contributed by atoms with Crippen molar-refractivity contribution >= 4 is 29.7 Å². The molecule has 11 heteroatoms. The molecule has 0 aromatic rings. The Bertz CT molecular complexity index is 687. The third kappa shape index (κ3) is 12.1. The molecule has 0 saturated heterocycles. The predicted octanol–water partition coefficient (Wildman–Crippen LogP) is 0.173. The zero-order valence-corrected chi connectivity index (χ0v) is 20.3. The number of alkyl carbamates (subject to hydrolysis) is 1. The summed E-state index contributed by atoms with van der Waals surface area (Å²) in [6.07, 6.45) is -0.396. The molecule has 0 saturated carbocycles. The lowest BCUT2D eigenvalue weighted by Crippen LogP contribution is -2.55. The largest absolute Gasteiger partial charge is 0.444 e. The molecule has 0 aliphatic heterocycles. The number of carbonyl (C=O) groups is 5. The van der Waals surface area contributed by atoms with Gasteiger partial charge in [-0.3, -0.25) is 19.2 Å². The second-order valence-electron chi connectivity index (χ2n) is 9.47. The van der Waals surface area contributed by atoms with Crippen LogP contribution in [0, 0.1) is 11.8 Å². The molecule has 0 bridgehead atoms. The highest BCUT2D eigenvalue weighted by Gasteiger charge is 2.28. The number of ether oxygens (including phenoxy) is 1. The fraction of sp³-hybridized carbons (Fsp3) is 0.762. The monoisotopic (exact) mass is 457 g/mol. The topological polar surface area (TPSA) is 169 Å². The van der Waals surface area contributed by atoms with E-state index < -0.39 is 53.4 Å². The minimum atomic E-state index is -0.970. The highest BCUT2D eigenvalue weighted by molar-refractivity contribution is 5.93. The van der Waals surface area contributed by atoms with Gasteiger partial charge >= 0.3 is 6.09 Å². The maximum atomic E-state index is 12.6. The summed E-state index contributed by atoms with van der Waals surface area (Å²) < 4.78 is 5.20. The van der Waals surface area contributed by atoms with Crippen LogP contribution < -0.4 is 27.0 Å². The van der Waals surface area contributed by atoms with Gasteiger partial charge in [-0.05, 0) is 46.0 Å². The lowest BCUT2D eigenvalue weighted by Gasteiger charge is -2.25. The first-order valence-corrected chi connectivity index (χ1v) is 10.7. The van der Waals surface area contributed by atoms with E-state index >= 15 is 0 Å².